The number of nitrogens with zero attached hydrogens (tertiary/aromatic N) is 3. The number of benzene rings is 1. The van der Waals surface area contributed by atoms with Crippen molar-refractivity contribution in [3.63, 3.8) is 0 Å². The highest BCUT2D eigenvalue weighted by molar-refractivity contribution is 9.10. The average molecular weight is 417 g/mol. The summed E-state index contributed by atoms with van der Waals surface area (Å²) in [5, 5.41) is 6.67. The van der Waals surface area contributed by atoms with Crippen LogP contribution in [0.4, 0.5) is 5.69 Å². The van der Waals surface area contributed by atoms with Gasteiger partial charge in [-0.25, -0.2) is 0 Å². The third-order valence-electron chi connectivity index (χ3n) is 3.61. The van der Waals surface area contributed by atoms with Crippen LogP contribution in [-0.4, -0.2) is 20.6 Å². The maximum Gasteiger partial charge on any atom is 0.259 e. The van der Waals surface area contributed by atoms with Gasteiger partial charge in [0, 0.05) is 28.3 Å². The first-order chi connectivity index (χ1) is 12.4. The second kappa shape index (κ2) is 7.65. The number of carbonyl (C=O) groups excluding carboxylic acids is 1. The highest BCUT2D eigenvalue weighted by atomic mass is 79.9. The summed E-state index contributed by atoms with van der Waals surface area (Å²) in [6.45, 7) is 3.80. The van der Waals surface area contributed by atoms with Crippen LogP contribution in [0.1, 0.15) is 25.6 Å². The molecular weight excluding hydrogens is 400 g/mol. The molecule has 0 aliphatic rings. The van der Waals surface area contributed by atoms with Crippen molar-refractivity contribution in [1.29, 1.82) is 0 Å². The maximum absolute atomic E-state index is 12.2. The van der Waals surface area contributed by atoms with Crippen LogP contribution in [0.2, 0.25) is 0 Å². The second-order valence-electron chi connectivity index (χ2n) is 6.05. The van der Waals surface area contributed by atoms with E-state index in [-0.39, 0.29) is 23.9 Å². The maximum atomic E-state index is 12.2. The van der Waals surface area contributed by atoms with Gasteiger partial charge < -0.3 is 14.4 Å². The number of rotatable bonds is 5. The number of halogens is 1. The molecule has 0 bridgehead atoms. The van der Waals surface area contributed by atoms with E-state index in [9.17, 15) is 9.59 Å². The molecule has 0 aliphatic carbocycles. The zero-order valence-electron chi connectivity index (χ0n) is 14.3. The Morgan fingerprint density at radius 1 is 1.31 bits per heavy atom. The molecule has 26 heavy (non-hydrogen) atoms. The lowest BCUT2D eigenvalue weighted by atomic mass is 10.2. The number of amides is 1. The van der Waals surface area contributed by atoms with E-state index < -0.39 is 0 Å². The molecule has 0 radical (unpaired) electrons. The van der Waals surface area contributed by atoms with Crippen molar-refractivity contribution in [3.8, 4) is 11.5 Å². The van der Waals surface area contributed by atoms with Crippen molar-refractivity contribution in [1.82, 2.24) is 14.7 Å². The van der Waals surface area contributed by atoms with Gasteiger partial charge in [0.05, 0.1) is 5.56 Å². The molecule has 2 aromatic heterocycles. The summed E-state index contributed by atoms with van der Waals surface area (Å²) >= 11 is 3.35. The SMILES string of the molecule is CC(C)c1noc(-c2ccc(=O)n(CC(=O)Nc3cccc(Br)c3)c2)n1. The Morgan fingerprint density at radius 3 is 2.81 bits per heavy atom. The van der Waals surface area contributed by atoms with Gasteiger partial charge in [0.25, 0.3) is 11.4 Å². The molecule has 0 unspecified atom stereocenters. The molecule has 3 rings (SSSR count). The minimum atomic E-state index is -0.309. The number of aromatic nitrogens is 3. The zero-order valence-corrected chi connectivity index (χ0v) is 15.9. The molecular formula is C18H17BrN4O3. The zero-order chi connectivity index (χ0) is 18.7. The van der Waals surface area contributed by atoms with Crippen molar-refractivity contribution in [3.05, 3.63) is 63.2 Å². The molecule has 0 aliphatic heterocycles. The van der Waals surface area contributed by atoms with Gasteiger partial charge in [0.2, 0.25) is 5.91 Å². The first-order valence-corrected chi connectivity index (χ1v) is 8.81. The van der Waals surface area contributed by atoms with E-state index in [2.05, 4.69) is 31.4 Å². The van der Waals surface area contributed by atoms with Gasteiger partial charge in [-0.05, 0) is 24.3 Å². The molecule has 134 valence electrons. The lowest BCUT2D eigenvalue weighted by Crippen LogP contribution is -2.26. The fraction of sp³-hybridized carbons (Fsp3) is 0.222. The quantitative estimate of drug-likeness (QED) is 0.687. The van der Waals surface area contributed by atoms with E-state index in [0.717, 1.165) is 4.47 Å². The monoisotopic (exact) mass is 416 g/mol. The fourth-order valence-corrected chi connectivity index (χ4v) is 2.69. The smallest absolute Gasteiger partial charge is 0.259 e. The highest BCUT2D eigenvalue weighted by Gasteiger charge is 2.13. The van der Waals surface area contributed by atoms with Crippen molar-refractivity contribution < 1.29 is 9.32 Å². The van der Waals surface area contributed by atoms with Crippen LogP contribution in [0.25, 0.3) is 11.5 Å². The Hall–Kier alpha value is -2.74. The molecule has 1 aromatic carbocycles. The molecule has 0 saturated heterocycles. The molecule has 3 aromatic rings. The van der Waals surface area contributed by atoms with Crippen LogP contribution in [0.5, 0.6) is 0 Å². The summed E-state index contributed by atoms with van der Waals surface area (Å²) in [5.41, 5.74) is 0.938. The molecule has 1 amide bonds. The fourth-order valence-electron chi connectivity index (χ4n) is 2.29. The molecule has 0 saturated carbocycles. The summed E-state index contributed by atoms with van der Waals surface area (Å²) in [4.78, 5) is 28.6. The Bertz CT molecular complexity index is 994. The predicted octanol–water partition coefficient (Wildman–Crippen LogP) is 3.42. The Morgan fingerprint density at radius 2 is 2.12 bits per heavy atom. The van der Waals surface area contributed by atoms with Crippen LogP contribution in [0.15, 0.2) is 56.4 Å². The number of anilines is 1. The van der Waals surface area contributed by atoms with Gasteiger partial charge in [-0.15, -0.1) is 0 Å². The van der Waals surface area contributed by atoms with E-state index in [1.54, 1.807) is 24.4 Å². The van der Waals surface area contributed by atoms with Gasteiger partial charge in [-0.1, -0.05) is 41.0 Å². The van der Waals surface area contributed by atoms with Gasteiger partial charge in [0.15, 0.2) is 5.82 Å². The van der Waals surface area contributed by atoms with Gasteiger partial charge in [-0.2, -0.15) is 4.98 Å². The standard InChI is InChI=1S/C18H17BrN4O3/c1-11(2)17-21-18(26-22-17)12-6-7-16(25)23(9-12)10-15(24)20-14-5-3-4-13(19)8-14/h3-9,11H,10H2,1-2H3,(H,20,24). The summed E-state index contributed by atoms with van der Waals surface area (Å²) < 4.78 is 7.40. The highest BCUT2D eigenvalue weighted by Crippen LogP contribution is 2.19. The van der Waals surface area contributed by atoms with Crippen LogP contribution >= 0.6 is 15.9 Å². The molecule has 8 heteroatoms. The van der Waals surface area contributed by atoms with Crippen LogP contribution in [-0.2, 0) is 11.3 Å². The third kappa shape index (κ3) is 4.26. The molecule has 2 heterocycles. The van der Waals surface area contributed by atoms with Crippen molar-refractivity contribution >= 4 is 27.5 Å². The summed E-state index contributed by atoms with van der Waals surface area (Å²) in [6, 6.07) is 10.2. The van der Waals surface area contributed by atoms with Gasteiger partial charge in [0.1, 0.15) is 6.54 Å². The number of hydrogen-bond acceptors (Lipinski definition) is 5. The molecule has 7 nitrogen and oxygen atoms in total. The topological polar surface area (TPSA) is 90.0 Å². The van der Waals surface area contributed by atoms with Crippen LogP contribution in [0, 0.1) is 0 Å². The van der Waals surface area contributed by atoms with Gasteiger partial charge >= 0.3 is 0 Å². The van der Waals surface area contributed by atoms with Crippen molar-refractivity contribution in [2.75, 3.05) is 5.32 Å². The van der Waals surface area contributed by atoms with Gasteiger partial charge in [-0.3, -0.25) is 9.59 Å². The first kappa shape index (κ1) is 18.1. The van der Waals surface area contributed by atoms with Crippen LogP contribution in [0.3, 0.4) is 0 Å². The van der Waals surface area contributed by atoms with Crippen molar-refractivity contribution in [2.24, 2.45) is 0 Å². The number of nitrogens with one attached hydrogen (secondary N) is 1. The largest absolute Gasteiger partial charge is 0.334 e. The van der Waals surface area contributed by atoms with E-state index >= 15 is 0 Å². The summed E-state index contributed by atoms with van der Waals surface area (Å²) in [6.07, 6.45) is 1.54. The molecule has 0 spiro atoms. The lowest BCUT2D eigenvalue weighted by Gasteiger charge is -2.08. The Balaban J connectivity index is 1.79. The Kier molecular flexibility index (Phi) is 5.32. The normalized spacial score (nSPS) is 10.9. The van der Waals surface area contributed by atoms with E-state index in [1.165, 1.54) is 10.6 Å². The first-order valence-electron chi connectivity index (χ1n) is 8.02. The number of carbonyl (C=O) groups is 1. The molecule has 0 atom stereocenters. The molecule has 0 fully saturated rings. The summed E-state index contributed by atoms with van der Waals surface area (Å²) in [5.74, 6) is 0.727. The lowest BCUT2D eigenvalue weighted by molar-refractivity contribution is -0.116. The van der Waals surface area contributed by atoms with E-state index in [0.29, 0.717) is 23.0 Å². The average Bonchev–Trinajstić information content (AvgIpc) is 3.07. The predicted molar refractivity (Wildman–Crippen MR) is 101 cm³/mol. The van der Waals surface area contributed by atoms with E-state index in [1.807, 2.05) is 26.0 Å². The van der Waals surface area contributed by atoms with E-state index in [4.69, 9.17) is 4.52 Å². The minimum Gasteiger partial charge on any atom is -0.334 e. The molecule has 1 N–H and O–H groups in total. The second-order valence-corrected chi connectivity index (χ2v) is 6.97. The number of hydrogen-bond donors (Lipinski definition) is 1. The van der Waals surface area contributed by atoms with Crippen LogP contribution < -0.4 is 10.9 Å². The third-order valence-corrected chi connectivity index (χ3v) is 4.10. The number of pyridine rings is 1. The Labute approximate surface area is 158 Å². The minimum absolute atomic E-state index is 0.121. The summed E-state index contributed by atoms with van der Waals surface area (Å²) in [7, 11) is 0. The van der Waals surface area contributed by atoms with Crippen molar-refractivity contribution in [2.45, 2.75) is 26.3 Å².